The van der Waals surface area contributed by atoms with Gasteiger partial charge in [-0.3, -0.25) is 5.41 Å². The molecule has 1 aromatic heterocycles. The summed E-state index contributed by atoms with van der Waals surface area (Å²) in [6.07, 6.45) is 1.17. The molecule has 0 unspecified atom stereocenters. The Balaban J connectivity index is 1.58. The number of fused-ring (bicyclic) bond motifs is 3. The third-order valence-corrected chi connectivity index (χ3v) is 6.04. The largest absolute Gasteiger partial charge is 0.341 e. The fourth-order valence-corrected chi connectivity index (χ4v) is 4.21. The Hall–Kier alpha value is -3.32. The average Bonchev–Trinajstić information content (AvgIpc) is 3.01. The van der Waals surface area contributed by atoms with E-state index in [-0.39, 0.29) is 10.9 Å². The maximum atomic E-state index is 11.6. The predicted molar refractivity (Wildman–Crippen MR) is 120 cm³/mol. The van der Waals surface area contributed by atoms with Crippen LogP contribution in [0, 0.1) is 5.41 Å². The minimum atomic E-state index is -3.23. The van der Waals surface area contributed by atoms with Crippen LogP contribution in [-0.4, -0.2) is 25.2 Å². The van der Waals surface area contributed by atoms with E-state index in [0.29, 0.717) is 5.69 Å². The molecule has 3 N–H and O–H groups in total. The van der Waals surface area contributed by atoms with Crippen LogP contribution < -0.4 is 10.6 Å². The summed E-state index contributed by atoms with van der Waals surface area (Å²) in [4.78, 5) is 0.250. The molecule has 148 valence electrons. The molecule has 0 atom stereocenters. The molecule has 3 aromatic carbocycles. The molecule has 0 spiro atoms. The number of benzene rings is 3. The summed E-state index contributed by atoms with van der Waals surface area (Å²) in [5, 5.41) is 16.5. The zero-order chi connectivity index (χ0) is 20.6. The summed E-state index contributed by atoms with van der Waals surface area (Å²) in [5.41, 5.74) is 3.80. The van der Waals surface area contributed by atoms with Crippen molar-refractivity contribution in [2.24, 2.45) is 0 Å². The quantitative estimate of drug-likeness (QED) is 0.339. The SMILES string of the molecule is CCn1c2ccccc2c2cc(NC(=N)Nc3ccc(S(C)(=O)=O)cc3)ccc21. The van der Waals surface area contributed by atoms with Gasteiger partial charge in [-0.15, -0.1) is 0 Å². The molecule has 1 heterocycles. The minimum absolute atomic E-state index is 0.107. The van der Waals surface area contributed by atoms with Gasteiger partial charge >= 0.3 is 0 Å². The van der Waals surface area contributed by atoms with E-state index in [1.54, 1.807) is 12.1 Å². The van der Waals surface area contributed by atoms with Crippen LogP contribution in [0.5, 0.6) is 0 Å². The van der Waals surface area contributed by atoms with Crippen LogP contribution in [0.2, 0.25) is 0 Å². The maximum Gasteiger partial charge on any atom is 0.197 e. The zero-order valence-corrected chi connectivity index (χ0v) is 17.0. The van der Waals surface area contributed by atoms with Crippen LogP contribution in [-0.2, 0) is 16.4 Å². The number of guanidine groups is 1. The first-order chi connectivity index (χ1) is 13.9. The summed E-state index contributed by atoms with van der Waals surface area (Å²) in [6, 6.07) is 20.7. The molecule has 0 aliphatic heterocycles. The number of hydrogen-bond donors (Lipinski definition) is 3. The van der Waals surface area contributed by atoms with Crippen LogP contribution >= 0.6 is 0 Å². The van der Waals surface area contributed by atoms with E-state index in [9.17, 15) is 8.42 Å². The second-order valence-electron chi connectivity index (χ2n) is 6.91. The van der Waals surface area contributed by atoms with Gasteiger partial charge in [-0.25, -0.2) is 8.42 Å². The third-order valence-electron chi connectivity index (χ3n) is 4.91. The van der Waals surface area contributed by atoms with Crippen molar-refractivity contribution >= 4 is 49.0 Å². The van der Waals surface area contributed by atoms with E-state index < -0.39 is 9.84 Å². The highest BCUT2D eigenvalue weighted by Gasteiger charge is 2.10. The van der Waals surface area contributed by atoms with Crippen molar-refractivity contribution in [3.8, 4) is 0 Å². The number of aromatic nitrogens is 1. The zero-order valence-electron chi connectivity index (χ0n) is 16.2. The molecule has 4 aromatic rings. The normalized spacial score (nSPS) is 11.7. The summed E-state index contributed by atoms with van der Waals surface area (Å²) >= 11 is 0. The second-order valence-corrected chi connectivity index (χ2v) is 8.93. The van der Waals surface area contributed by atoms with Gasteiger partial charge in [-0.1, -0.05) is 18.2 Å². The number of nitrogens with zero attached hydrogens (tertiary/aromatic N) is 1. The van der Waals surface area contributed by atoms with E-state index in [0.717, 1.165) is 23.1 Å². The highest BCUT2D eigenvalue weighted by Crippen LogP contribution is 2.31. The monoisotopic (exact) mass is 406 g/mol. The first-order valence-electron chi connectivity index (χ1n) is 9.30. The lowest BCUT2D eigenvalue weighted by Crippen LogP contribution is -2.20. The molecule has 29 heavy (non-hydrogen) atoms. The number of anilines is 2. The maximum absolute atomic E-state index is 11.6. The number of nitrogens with one attached hydrogen (secondary N) is 3. The lowest BCUT2D eigenvalue weighted by Gasteiger charge is -2.11. The fourth-order valence-electron chi connectivity index (χ4n) is 3.58. The van der Waals surface area contributed by atoms with E-state index in [1.165, 1.54) is 29.3 Å². The molecule has 0 saturated heterocycles. The van der Waals surface area contributed by atoms with Crippen molar-refractivity contribution < 1.29 is 8.42 Å². The molecular formula is C22H22N4O2S. The van der Waals surface area contributed by atoms with Crippen molar-refractivity contribution in [2.45, 2.75) is 18.4 Å². The second kappa shape index (κ2) is 7.25. The fraction of sp³-hybridized carbons (Fsp3) is 0.136. The summed E-state index contributed by atoms with van der Waals surface area (Å²) in [6.45, 7) is 3.02. The Kier molecular flexibility index (Phi) is 4.76. The van der Waals surface area contributed by atoms with Crippen molar-refractivity contribution in [2.75, 3.05) is 16.9 Å². The van der Waals surface area contributed by atoms with Crippen molar-refractivity contribution in [3.05, 3.63) is 66.7 Å². The minimum Gasteiger partial charge on any atom is -0.341 e. The van der Waals surface area contributed by atoms with Crippen LogP contribution in [0.4, 0.5) is 11.4 Å². The van der Waals surface area contributed by atoms with Gasteiger partial charge in [0.25, 0.3) is 0 Å². The smallest absolute Gasteiger partial charge is 0.197 e. The van der Waals surface area contributed by atoms with Gasteiger partial charge in [-0.2, -0.15) is 0 Å². The number of hydrogen-bond acceptors (Lipinski definition) is 3. The van der Waals surface area contributed by atoms with Gasteiger partial charge in [0.1, 0.15) is 0 Å². The predicted octanol–water partition coefficient (Wildman–Crippen LogP) is 4.68. The molecule has 0 saturated carbocycles. The first-order valence-corrected chi connectivity index (χ1v) is 11.2. The van der Waals surface area contributed by atoms with Gasteiger partial charge in [0.15, 0.2) is 15.8 Å². The summed E-state index contributed by atoms with van der Waals surface area (Å²) < 4.78 is 25.4. The molecule has 0 radical (unpaired) electrons. The Morgan fingerprint density at radius 3 is 2.21 bits per heavy atom. The number of aryl methyl sites for hydroxylation is 1. The summed E-state index contributed by atoms with van der Waals surface area (Å²) in [5.74, 6) is 0.107. The summed E-state index contributed by atoms with van der Waals surface area (Å²) in [7, 11) is -3.23. The molecule has 0 amide bonds. The van der Waals surface area contributed by atoms with Crippen molar-refractivity contribution in [1.29, 1.82) is 5.41 Å². The standard InChI is InChI=1S/C22H22N4O2S/c1-3-26-20-7-5-4-6-18(20)19-14-16(10-13-21(19)26)25-22(23)24-15-8-11-17(12-9-15)29(2,27)28/h4-14H,3H2,1-2H3,(H3,23,24,25). The van der Waals surface area contributed by atoms with Crippen LogP contribution in [0.3, 0.4) is 0 Å². The highest BCUT2D eigenvalue weighted by atomic mass is 32.2. The molecule has 0 aliphatic carbocycles. The highest BCUT2D eigenvalue weighted by molar-refractivity contribution is 7.90. The molecule has 0 aliphatic rings. The first kappa shape index (κ1) is 19.0. The number of para-hydroxylation sites is 1. The van der Waals surface area contributed by atoms with E-state index in [1.807, 2.05) is 24.3 Å². The van der Waals surface area contributed by atoms with Crippen molar-refractivity contribution in [1.82, 2.24) is 4.57 Å². The van der Waals surface area contributed by atoms with Gasteiger partial charge in [0.2, 0.25) is 0 Å². The number of sulfone groups is 1. The van der Waals surface area contributed by atoms with Crippen LogP contribution in [0.25, 0.3) is 21.8 Å². The van der Waals surface area contributed by atoms with Gasteiger partial charge < -0.3 is 15.2 Å². The van der Waals surface area contributed by atoms with E-state index in [4.69, 9.17) is 5.41 Å². The molecule has 0 bridgehead atoms. The third kappa shape index (κ3) is 3.69. The van der Waals surface area contributed by atoms with Crippen LogP contribution in [0.1, 0.15) is 6.92 Å². The molecule has 4 rings (SSSR count). The Morgan fingerprint density at radius 2 is 1.52 bits per heavy atom. The van der Waals surface area contributed by atoms with E-state index >= 15 is 0 Å². The van der Waals surface area contributed by atoms with E-state index in [2.05, 4.69) is 40.3 Å². The molecule has 6 nitrogen and oxygen atoms in total. The van der Waals surface area contributed by atoms with Gasteiger partial charge in [0.05, 0.1) is 4.90 Å². The Labute approximate surface area is 169 Å². The molecular weight excluding hydrogens is 384 g/mol. The van der Waals surface area contributed by atoms with Crippen LogP contribution in [0.15, 0.2) is 71.6 Å². The lowest BCUT2D eigenvalue weighted by atomic mass is 10.1. The van der Waals surface area contributed by atoms with Gasteiger partial charge in [0, 0.05) is 46.0 Å². The molecule has 7 heteroatoms. The lowest BCUT2D eigenvalue weighted by molar-refractivity contribution is 0.602. The average molecular weight is 407 g/mol. The van der Waals surface area contributed by atoms with Gasteiger partial charge in [-0.05, 0) is 55.5 Å². The Morgan fingerprint density at radius 1 is 0.897 bits per heavy atom. The number of rotatable bonds is 4. The molecule has 0 fully saturated rings. The Bertz CT molecular complexity index is 1320. The topological polar surface area (TPSA) is 87.0 Å². The van der Waals surface area contributed by atoms with Crippen molar-refractivity contribution in [3.63, 3.8) is 0 Å².